The summed E-state index contributed by atoms with van der Waals surface area (Å²) in [7, 11) is 4.09. The Bertz CT molecular complexity index is 515. The number of hydrogen-bond donors (Lipinski definition) is 0. The molecule has 94 valence electrons. The second-order valence-corrected chi connectivity index (χ2v) is 4.65. The summed E-state index contributed by atoms with van der Waals surface area (Å²) in [6.07, 6.45) is 4.88. The lowest BCUT2D eigenvalue weighted by molar-refractivity contribution is 0.112. The first-order valence-electron chi connectivity index (χ1n) is 6.06. The summed E-state index contributed by atoms with van der Waals surface area (Å²) in [5, 5.41) is 0. The molecule has 1 aromatic heterocycles. The Morgan fingerprint density at radius 1 is 1.17 bits per heavy atom. The van der Waals surface area contributed by atoms with E-state index in [1.165, 1.54) is 0 Å². The Hall–Kier alpha value is -1.87. The molecule has 3 nitrogen and oxygen atoms in total. The predicted molar refractivity (Wildman–Crippen MR) is 73.8 cm³/mol. The van der Waals surface area contributed by atoms with Crippen LogP contribution in [0, 0.1) is 0 Å². The maximum Gasteiger partial charge on any atom is 0.152 e. The summed E-state index contributed by atoms with van der Waals surface area (Å²) in [6, 6.07) is 10.0. The zero-order valence-electron chi connectivity index (χ0n) is 10.8. The molecule has 0 unspecified atom stereocenters. The molecule has 1 heterocycles. The van der Waals surface area contributed by atoms with Crippen LogP contribution in [-0.2, 0) is 6.54 Å². The fourth-order valence-electron chi connectivity index (χ4n) is 1.92. The van der Waals surface area contributed by atoms with Crippen molar-refractivity contribution in [2.45, 2.75) is 6.54 Å². The van der Waals surface area contributed by atoms with Crippen LogP contribution in [0.3, 0.4) is 0 Å². The molecule has 0 N–H and O–H groups in total. The van der Waals surface area contributed by atoms with Crippen LogP contribution in [0.25, 0.3) is 11.1 Å². The number of carbonyl (C=O) groups excluding carboxylic acids is 1. The predicted octanol–water partition coefficient (Wildman–Crippen LogP) is 2.53. The molecule has 0 fully saturated rings. The molecule has 0 spiro atoms. The highest BCUT2D eigenvalue weighted by Crippen LogP contribution is 2.23. The number of aldehydes is 1. The number of hydrogen-bond acceptors (Lipinski definition) is 2. The van der Waals surface area contributed by atoms with Crippen molar-refractivity contribution in [3.05, 3.63) is 48.3 Å². The second kappa shape index (κ2) is 5.65. The van der Waals surface area contributed by atoms with Crippen LogP contribution in [0.15, 0.2) is 42.7 Å². The topological polar surface area (TPSA) is 25.2 Å². The summed E-state index contributed by atoms with van der Waals surface area (Å²) in [5.74, 6) is 0. The largest absolute Gasteiger partial charge is 0.352 e. The lowest BCUT2D eigenvalue weighted by atomic mass is 10.1. The Labute approximate surface area is 108 Å². The van der Waals surface area contributed by atoms with Gasteiger partial charge in [-0.2, -0.15) is 0 Å². The molecule has 2 aromatic rings. The normalized spacial score (nSPS) is 10.8. The molecule has 18 heavy (non-hydrogen) atoms. The highest BCUT2D eigenvalue weighted by atomic mass is 16.1. The van der Waals surface area contributed by atoms with Gasteiger partial charge >= 0.3 is 0 Å². The molecular formula is C15H18N2O. The summed E-state index contributed by atoms with van der Waals surface area (Å²) in [5.41, 5.74) is 2.84. The van der Waals surface area contributed by atoms with Gasteiger partial charge in [-0.1, -0.05) is 30.3 Å². The smallest absolute Gasteiger partial charge is 0.152 e. The van der Waals surface area contributed by atoms with Crippen molar-refractivity contribution in [3.63, 3.8) is 0 Å². The number of likely N-dealkylation sites (N-methyl/N-ethyl adjacent to an activating group) is 1. The molecule has 3 heteroatoms. The fraction of sp³-hybridized carbons (Fsp3) is 0.267. The van der Waals surface area contributed by atoms with Crippen LogP contribution < -0.4 is 0 Å². The fourth-order valence-corrected chi connectivity index (χ4v) is 1.92. The quantitative estimate of drug-likeness (QED) is 0.753. The van der Waals surface area contributed by atoms with E-state index in [-0.39, 0.29) is 0 Å². The van der Waals surface area contributed by atoms with Gasteiger partial charge in [-0.3, -0.25) is 4.79 Å². The van der Waals surface area contributed by atoms with Gasteiger partial charge in [0.15, 0.2) is 6.29 Å². The highest BCUT2D eigenvalue weighted by Gasteiger charge is 2.08. The minimum atomic E-state index is 0.750. The maximum absolute atomic E-state index is 11.1. The first kappa shape index (κ1) is 12.6. The number of aromatic nitrogens is 1. The molecule has 0 amide bonds. The van der Waals surface area contributed by atoms with E-state index in [1.54, 1.807) is 0 Å². The van der Waals surface area contributed by atoms with Crippen molar-refractivity contribution in [1.82, 2.24) is 9.47 Å². The molecule has 0 aliphatic heterocycles. The van der Waals surface area contributed by atoms with Gasteiger partial charge in [0.05, 0.1) is 0 Å². The van der Waals surface area contributed by atoms with E-state index in [9.17, 15) is 4.79 Å². The molecule has 1 aromatic carbocycles. The maximum atomic E-state index is 11.1. The Kier molecular flexibility index (Phi) is 3.95. The van der Waals surface area contributed by atoms with E-state index in [1.807, 2.05) is 56.8 Å². The minimum Gasteiger partial charge on any atom is -0.352 e. The summed E-state index contributed by atoms with van der Waals surface area (Å²) in [4.78, 5) is 13.3. The molecule has 0 saturated heterocycles. The van der Waals surface area contributed by atoms with Crippen molar-refractivity contribution in [2.75, 3.05) is 20.6 Å². The van der Waals surface area contributed by atoms with Crippen LogP contribution in [0.4, 0.5) is 0 Å². The molecule has 0 bridgehead atoms. The molecule has 2 rings (SSSR count). The van der Waals surface area contributed by atoms with Crippen molar-refractivity contribution >= 4 is 6.29 Å². The first-order valence-corrected chi connectivity index (χ1v) is 6.06. The van der Waals surface area contributed by atoms with Gasteiger partial charge in [0, 0.05) is 36.6 Å². The van der Waals surface area contributed by atoms with Gasteiger partial charge in [0.2, 0.25) is 0 Å². The van der Waals surface area contributed by atoms with Gasteiger partial charge < -0.3 is 9.47 Å². The molecule has 0 aliphatic rings. The van der Waals surface area contributed by atoms with E-state index in [2.05, 4.69) is 9.47 Å². The summed E-state index contributed by atoms with van der Waals surface area (Å²) < 4.78 is 2.08. The lowest BCUT2D eigenvalue weighted by Crippen LogP contribution is -2.17. The van der Waals surface area contributed by atoms with Gasteiger partial charge in [-0.25, -0.2) is 0 Å². The molecule has 0 radical (unpaired) electrons. The van der Waals surface area contributed by atoms with Crippen molar-refractivity contribution < 1.29 is 4.79 Å². The zero-order chi connectivity index (χ0) is 13.0. The van der Waals surface area contributed by atoms with Gasteiger partial charge in [0.25, 0.3) is 0 Å². The molecule has 0 aliphatic carbocycles. The van der Waals surface area contributed by atoms with Crippen LogP contribution in [0.1, 0.15) is 10.4 Å². The standard InChI is InChI=1S/C15H18N2O/c1-16(2)8-9-17-10-14(12-18)15(11-17)13-6-4-3-5-7-13/h3-7,10-12H,8-9H2,1-2H3. The molecular weight excluding hydrogens is 224 g/mol. The number of rotatable bonds is 5. The minimum absolute atomic E-state index is 0.750. The van der Waals surface area contributed by atoms with Crippen LogP contribution in [0.5, 0.6) is 0 Å². The Morgan fingerprint density at radius 3 is 2.50 bits per heavy atom. The lowest BCUT2D eigenvalue weighted by Gasteiger charge is -2.09. The Morgan fingerprint density at radius 2 is 1.89 bits per heavy atom. The van der Waals surface area contributed by atoms with E-state index in [4.69, 9.17) is 0 Å². The van der Waals surface area contributed by atoms with Crippen molar-refractivity contribution in [3.8, 4) is 11.1 Å². The third-order valence-corrected chi connectivity index (χ3v) is 2.93. The Balaban J connectivity index is 2.27. The van der Waals surface area contributed by atoms with Crippen LogP contribution in [0.2, 0.25) is 0 Å². The average molecular weight is 242 g/mol. The highest BCUT2D eigenvalue weighted by molar-refractivity contribution is 5.87. The van der Waals surface area contributed by atoms with E-state index in [0.717, 1.165) is 36.1 Å². The third-order valence-electron chi connectivity index (χ3n) is 2.93. The van der Waals surface area contributed by atoms with Gasteiger partial charge in [-0.05, 0) is 19.7 Å². The summed E-state index contributed by atoms with van der Waals surface area (Å²) in [6.45, 7) is 1.85. The van der Waals surface area contributed by atoms with E-state index >= 15 is 0 Å². The number of nitrogens with zero attached hydrogens (tertiary/aromatic N) is 2. The van der Waals surface area contributed by atoms with Gasteiger partial charge in [-0.15, -0.1) is 0 Å². The van der Waals surface area contributed by atoms with Crippen LogP contribution in [-0.4, -0.2) is 36.4 Å². The second-order valence-electron chi connectivity index (χ2n) is 4.65. The van der Waals surface area contributed by atoms with Crippen molar-refractivity contribution in [1.29, 1.82) is 0 Å². The SMILES string of the molecule is CN(C)CCn1cc(C=O)c(-c2ccccc2)c1. The zero-order valence-corrected chi connectivity index (χ0v) is 10.8. The summed E-state index contributed by atoms with van der Waals surface area (Å²) >= 11 is 0. The van der Waals surface area contributed by atoms with Gasteiger partial charge in [0.1, 0.15) is 0 Å². The molecule has 0 saturated carbocycles. The van der Waals surface area contributed by atoms with Crippen molar-refractivity contribution in [2.24, 2.45) is 0 Å². The van der Waals surface area contributed by atoms with E-state index < -0.39 is 0 Å². The van der Waals surface area contributed by atoms with E-state index in [0.29, 0.717) is 0 Å². The van der Waals surface area contributed by atoms with Crippen LogP contribution >= 0.6 is 0 Å². The average Bonchev–Trinajstić information content (AvgIpc) is 2.80. The molecule has 0 atom stereocenters. The monoisotopic (exact) mass is 242 g/mol. The number of benzene rings is 1. The third kappa shape index (κ3) is 2.87. The number of carbonyl (C=O) groups is 1. The first-order chi connectivity index (χ1) is 8.70.